The molecule has 1 aliphatic rings. The predicted octanol–water partition coefficient (Wildman–Crippen LogP) is 1.83. The van der Waals surface area contributed by atoms with Crippen LogP contribution in [0.25, 0.3) is 0 Å². The second-order valence-corrected chi connectivity index (χ2v) is 5.44. The van der Waals surface area contributed by atoms with Crippen LogP contribution < -0.4 is 0 Å². The highest BCUT2D eigenvalue weighted by atomic mass is 16.4. The Balaban J connectivity index is 2.26. The molecule has 1 atom stereocenters. The fourth-order valence-corrected chi connectivity index (χ4v) is 1.73. The predicted molar refractivity (Wildman–Crippen MR) is 56.3 cm³/mol. The second kappa shape index (κ2) is 4.30. The standard InChI is InChI=1S/C11H21NO2/c1-11(2,3)5-7-12-6-4-9(8-12)10(13)14/h9H,4-8H2,1-3H3,(H,13,14)/t9-/m0/s1. The average Bonchev–Trinajstić information content (AvgIpc) is 2.47. The van der Waals surface area contributed by atoms with Crippen molar-refractivity contribution in [2.45, 2.75) is 33.6 Å². The number of likely N-dealkylation sites (tertiary alicyclic amines) is 1. The minimum absolute atomic E-state index is 0.130. The van der Waals surface area contributed by atoms with Gasteiger partial charge in [0, 0.05) is 6.54 Å². The minimum Gasteiger partial charge on any atom is -0.481 e. The third-order valence-electron chi connectivity index (χ3n) is 2.80. The molecule has 0 aliphatic carbocycles. The first-order valence-corrected chi connectivity index (χ1v) is 5.34. The van der Waals surface area contributed by atoms with Crippen molar-refractivity contribution >= 4 is 5.97 Å². The third kappa shape index (κ3) is 3.66. The van der Waals surface area contributed by atoms with E-state index in [1.807, 2.05) is 0 Å². The van der Waals surface area contributed by atoms with Gasteiger partial charge in [-0.1, -0.05) is 20.8 Å². The highest BCUT2D eigenvalue weighted by Crippen LogP contribution is 2.22. The fourth-order valence-electron chi connectivity index (χ4n) is 1.73. The minimum atomic E-state index is -0.636. The van der Waals surface area contributed by atoms with Gasteiger partial charge in [-0.3, -0.25) is 4.79 Å². The summed E-state index contributed by atoms with van der Waals surface area (Å²) in [5.41, 5.74) is 0.349. The molecule has 82 valence electrons. The quantitative estimate of drug-likeness (QED) is 0.754. The Morgan fingerprint density at radius 1 is 1.50 bits per heavy atom. The van der Waals surface area contributed by atoms with Gasteiger partial charge in [0.1, 0.15) is 0 Å². The molecule has 0 saturated carbocycles. The maximum atomic E-state index is 10.7. The number of nitrogens with zero attached hydrogens (tertiary/aromatic N) is 1. The van der Waals surface area contributed by atoms with Crippen molar-refractivity contribution in [3.63, 3.8) is 0 Å². The van der Waals surface area contributed by atoms with E-state index >= 15 is 0 Å². The van der Waals surface area contributed by atoms with Gasteiger partial charge in [-0.15, -0.1) is 0 Å². The van der Waals surface area contributed by atoms with Gasteiger partial charge in [0.2, 0.25) is 0 Å². The Morgan fingerprint density at radius 2 is 2.14 bits per heavy atom. The Morgan fingerprint density at radius 3 is 2.57 bits per heavy atom. The van der Waals surface area contributed by atoms with E-state index < -0.39 is 5.97 Å². The fraction of sp³-hybridized carbons (Fsp3) is 0.909. The Hall–Kier alpha value is -0.570. The van der Waals surface area contributed by atoms with Crippen LogP contribution in [0.4, 0.5) is 0 Å². The maximum absolute atomic E-state index is 10.7. The normalized spacial score (nSPS) is 24.1. The molecule has 1 aliphatic heterocycles. The number of carboxylic acid groups (broad SMARTS) is 1. The van der Waals surface area contributed by atoms with E-state index in [-0.39, 0.29) is 5.92 Å². The van der Waals surface area contributed by atoms with E-state index in [1.165, 1.54) is 0 Å². The highest BCUT2D eigenvalue weighted by molar-refractivity contribution is 5.70. The summed E-state index contributed by atoms with van der Waals surface area (Å²) in [7, 11) is 0. The molecular formula is C11H21NO2. The van der Waals surface area contributed by atoms with Crippen molar-refractivity contribution in [2.75, 3.05) is 19.6 Å². The van der Waals surface area contributed by atoms with Gasteiger partial charge in [0.15, 0.2) is 0 Å². The zero-order chi connectivity index (χ0) is 10.8. The Labute approximate surface area is 86.1 Å². The third-order valence-corrected chi connectivity index (χ3v) is 2.80. The van der Waals surface area contributed by atoms with Crippen LogP contribution in [0.2, 0.25) is 0 Å². The molecular weight excluding hydrogens is 178 g/mol. The van der Waals surface area contributed by atoms with E-state index in [0.29, 0.717) is 5.41 Å². The summed E-state index contributed by atoms with van der Waals surface area (Å²) in [6.07, 6.45) is 1.96. The molecule has 1 rings (SSSR count). The van der Waals surface area contributed by atoms with Gasteiger partial charge in [-0.05, 0) is 31.3 Å². The van der Waals surface area contributed by atoms with Crippen molar-refractivity contribution in [3.8, 4) is 0 Å². The average molecular weight is 199 g/mol. The van der Waals surface area contributed by atoms with E-state index in [9.17, 15) is 4.79 Å². The smallest absolute Gasteiger partial charge is 0.307 e. The Bertz CT molecular complexity index is 208. The van der Waals surface area contributed by atoms with Crippen molar-refractivity contribution in [1.29, 1.82) is 0 Å². The molecule has 1 saturated heterocycles. The molecule has 0 spiro atoms. The summed E-state index contributed by atoms with van der Waals surface area (Å²) < 4.78 is 0. The first kappa shape index (κ1) is 11.5. The van der Waals surface area contributed by atoms with Crippen LogP contribution in [0, 0.1) is 11.3 Å². The Kier molecular flexibility index (Phi) is 3.53. The lowest BCUT2D eigenvalue weighted by atomic mass is 9.92. The summed E-state index contributed by atoms with van der Waals surface area (Å²) in [5, 5.41) is 8.83. The number of carboxylic acids is 1. The van der Waals surface area contributed by atoms with Crippen LogP contribution in [0.15, 0.2) is 0 Å². The molecule has 3 nitrogen and oxygen atoms in total. The van der Waals surface area contributed by atoms with E-state index in [4.69, 9.17) is 5.11 Å². The molecule has 0 unspecified atom stereocenters. The van der Waals surface area contributed by atoms with E-state index in [0.717, 1.165) is 32.5 Å². The SMILES string of the molecule is CC(C)(C)CCN1CC[C@H](C(=O)O)C1. The summed E-state index contributed by atoms with van der Waals surface area (Å²) in [5.74, 6) is -0.766. The van der Waals surface area contributed by atoms with Gasteiger partial charge in [-0.25, -0.2) is 0 Å². The lowest BCUT2D eigenvalue weighted by molar-refractivity contribution is -0.141. The van der Waals surface area contributed by atoms with E-state index in [2.05, 4.69) is 25.7 Å². The molecule has 3 heteroatoms. The summed E-state index contributed by atoms with van der Waals surface area (Å²) in [4.78, 5) is 13.0. The number of aliphatic carboxylic acids is 1. The van der Waals surface area contributed by atoms with Crippen LogP contribution in [0.5, 0.6) is 0 Å². The van der Waals surface area contributed by atoms with Crippen molar-refractivity contribution in [2.24, 2.45) is 11.3 Å². The zero-order valence-electron chi connectivity index (χ0n) is 9.42. The molecule has 0 aromatic heterocycles. The van der Waals surface area contributed by atoms with Crippen molar-refractivity contribution < 1.29 is 9.90 Å². The van der Waals surface area contributed by atoms with Gasteiger partial charge in [-0.2, -0.15) is 0 Å². The zero-order valence-corrected chi connectivity index (χ0v) is 9.42. The molecule has 0 bridgehead atoms. The van der Waals surface area contributed by atoms with Crippen molar-refractivity contribution in [1.82, 2.24) is 4.90 Å². The van der Waals surface area contributed by atoms with Crippen LogP contribution in [0.3, 0.4) is 0 Å². The van der Waals surface area contributed by atoms with Gasteiger partial charge >= 0.3 is 5.97 Å². The van der Waals surface area contributed by atoms with Crippen LogP contribution in [-0.4, -0.2) is 35.6 Å². The highest BCUT2D eigenvalue weighted by Gasteiger charge is 2.28. The van der Waals surface area contributed by atoms with Gasteiger partial charge in [0.25, 0.3) is 0 Å². The summed E-state index contributed by atoms with van der Waals surface area (Å²) in [6, 6.07) is 0. The molecule has 1 heterocycles. The molecule has 1 fully saturated rings. The number of hydrogen-bond donors (Lipinski definition) is 1. The molecule has 0 aromatic carbocycles. The lowest BCUT2D eigenvalue weighted by Crippen LogP contribution is -2.26. The maximum Gasteiger partial charge on any atom is 0.307 e. The molecule has 0 radical (unpaired) electrons. The van der Waals surface area contributed by atoms with Crippen LogP contribution in [-0.2, 0) is 4.79 Å². The van der Waals surface area contributed by atoms with Gasteiger partial charge in [0.05, 0.1) is 5.92 Å². The van der Waals surface area contributed by atoms with E-state index in [1.54, 1.807) is 0 Å². The summed E-state index contributed by atoms with van der Waals surface area (Å²) in [6.45, 7) is 9.39. The largest absolute Gasteiger partial charge is 0.481 e. The lowest BCUT2D eigenvalue weighted by Gasteiger charge is -2.22. The summed E-state index contributed by atoms with van der Waals surface area (Å²) >= 11 is 0. The molecule has 0 amide bonds. The van der Waals surface area contributed by atoms with Crippen LogP contribution in [0.1, 0.15) is 33.6 Å². The number of rotatable bonds is 3. The first-order valence-electron chi connectivity index (χ1n) is 5.34. The topological polar surface area (TPSA) is 40.5 Å². The molecule has 1 N–H and O–H groups in total. The monoisotopic (exact) mass is 199 g/mol. The number of carbonyl (C=O) groups is 1. The first-order chi connectivity index (χ1) is 6.38. The second-order valence-electron chi connectivity index (χ2n) is 5.44. The van der Waals surface area contributed by atoms with Crippen LogP contribution >= 0.6 is 0 Å². The van der Waals surface area contributed by atoms with Gasteiger partial charge < -0.3 is 10.0 Å². The number of hydrogen-bond acceptors (Lipinski definition) is 2. The molecule has 0 aromatic rings. The van der Waals surface area contributed by atoms with Crippen molar-refractivity contribution in [3.05, 3.63) is 0 Å². The molecule has 14 heavy (non-hydrogen) atoms.